The molecule has 0 aliphatic carbocycles. The Kier molecular flexibility index (Phi) is 4.95. The first-order valence-electron chi connectivity index (χ1n) is 7.46. The van der Waals surface area contributed by atoms with Gasteiger partial charge in [-0.25, -0.2) is 0 Å². The van der Waals surface area contributed by atoms with Gasteiger partial charge in [0.2, 0.25) is 0 Å². The average Bonchev–Trinajstić information content (AvgIpc) is 3.03. The maximum absolute atomic E-state index is 4.48. The SMILES string of the molecule is CCNC(CC)c1cnn(Cc2cc(C)nn2CC)c1. The van der Waals surface area contributed by atoms with Crippen LogP contribution in [0.1, 0.15) is 50.2 Å². The summed E-state index contributed by atoms with van der Waals surface area (Å²) < 4.78 is 4.04. The van der Waals surface area contributed by atoms with E-state index in [0.717, 1.165) is 31.7 Å². The van der Waals surface area contributed by atoms with Gasteiger partial charge in [-0.05, 0) is 32.9 Å². The molecule has 2 aromatic heterocycles. The molecule has 0 aliphatic rings. The van der Waals surface area contributed by atoms with Gasteiger partial charge in [-0.1, -0.05) is 13.8 Å². The fourth-order valence-electron chi connectivity index (χ4n) is 2.56. The minimum Gasteiger partial charge on any atom is -0.310 e. The van der Waals surface area contributed by atoms with E-state index < -0.39 is 0 Å². The predicted octanol–water partition coefficient (Wildman–Crippen LogP) is 2.52. The van der Waals surface area contributed by atoms with Gasteiger partial charge in [-0.2, -0.15) is 10.2 Å². The van der Waals surface area contributed by atoms with Crippen molar-refractivity contribution in [1.29, 1.82) is 0 Å². The molecule has 0 amide bonds. The Morgan fingerprint density at radius 1 is 1.30 bits per heavy atom. The van der Waals surface area contributed by atoms with Crippen molar-refractivity contribution in [3.05, 3.63) is 35.4 Å². The minimum absolute atomic E-state index is 0.395. The predicted molar refractivity (Wildman–Crippen MR) is 80.7 cm³/mol. The lowest BCUT2D eigenvalue weighted by Gasteiger charge is -2.13. The van der Waals surface area contributed by atoms with Gasteiger partial charge in [0.05, 0.1) is 24.1 Å². The van der Waals surface area contributed by atoms with Gasteiger partial charge < -0.3 is 5.32 Å². The standard InChI is InChI=1S/C15H25N5/c1-5-15(16-6-2)13-9-17-19(10-13)11-14-8-12(4)18-20(14)7-3/h8-10,15-16H,5-7,11H2,1-4H3. The van der Waals surface area contributed by atoms with E-state index in [0.29, 0.717) is 6.04 Å². The van der Waals surface area contributed by atoms with Crippen LogP contribution < -0.4 is 5.32 Å². The first-order valence-corrected chi connectivity index (χ1v) is 7.46. The van der Waals surface area contributed by atoms with Gasteiger partial charge in [0.15, 0.2) is 0 Å². The minimum atomic E-state index is 0.395. The van der Waals surface area contributed by atoms with Crippen molar-refractivity contribution < 1.29 is 0 Å². The third kappa shape index (κ3) is 3.28. The topological polar surface area (TPSA) is 47.7 Å². The second kappa shape index (κ2) is 6.70. The second-order valence-electron chi connectivity index (χ2n) is 5.08. The van der Waals surface area contributed by atoms with E-state index in [1.807, 2.05) is 22.5 Å². The number of nitrogens with zero attached hydrogens (tertiary/aromatic N) is 4. The van der Waals surface area contributed by atoms with E-state index in [1.54, 1.807) is 0 Å². The van der Waals surface area contributed by atoms with Gasteiger partial charge in [0, 0.05) is 24.3 Å². The third-order valence-corrected chi connectivity index (χ3v) is 3.52. The average molecular weight is 275 g/mol. The molecule has 1 unspecified atom stereocenters. The number of hydrogen-bond donors (Lipinski definition) is 1. The summed E-state index contributed by atoms with van der Waals surface area (Å²) in [6, 6.07) is 2.53. The molecule has 2 rings (SSSR count). The highest BCUT2D eigenvalue weighted by Crippen LogP contribution is 2.16. The van der Waals surface area contributed by atoms with Gasteiger partial charge in [-0.15, -0.1) is 0 Å². The molecule has 5 nitrogen and oxygen atoms in total. The Balaban J connectivity index is 2.12. The molecule has 0 spiro atoms. The van der Waals surface area contributed by atoms with Crippen molar-refractivity contribution in [3.8, 4) is 0 Å². The van der Waals surface area contributed by atoms with Gasteiger partial charge in [0.25, 0.3) is 0 Å². The molecule has 0 radical (unpaired) electrons. The molecule has 2 heterocycles. The van der Waals surface area contributed by atoms with Crippen molar-refractivity contribution in [1.82, 2.24) is 24.9 Å². The molecule has 0 saturated heterocycles. The van der Waals surface area contributed by atoms with E-state index >= 15 is 0 Å². The zero-order valence-electron chi connectivity index (χ0n) is 12.9. The smallest absolute Gasteiger partial charge is 0.0828 e. The van der Waals surface area contributed by atoms with Crippen LogP contribution in [0, 0.1) is 6.92 Å². The molecule has 0 aromatic carbocycles. The normalized spacial score (nSPS) is 12.8. The molecule has 1 atom stereocenters. The van der Waals surface area contributed by atoms with Crippen LogP contribution in [0.15, 0.2) is 18.5 Å². The van der Waals surface area contributed by atoms with Crippen molar-refractivity contribution >= 4 is 0 Å². The first kappa shape index (κ1) is 14.8. The monoisotopic (exact) mass is 275 g/mol. The zero-order valence-corrected chi connectivity index (χ0v) is 12.9. The van der Waals surface area contributed by atoms with Gasteiger partial charge in [-0.3, -0.25) is 9.36 Å². The van der Waals surface area contributed by atoms with Crippen molar-refractivity contribution in [2.24, 2.45) is 0 Å². The summed E-state index contributed by atoms with van der Waals surface area (Å²) >= 11 is 0. The summed E-state index contributed by atoms with van der Waals surface area (Å²) in [5, 5.41) is 12.4. The quantitative estimate of drug-likeness (QED) is 0.844. The van der Waals surface area contributed by atoms with E-state index in [4.69, 9.17) is 0 Å². The lowest BCUT2D eigenvalue weighted by Crippen LogP contribution is -2.19. The molecule has 0 bridgehead atoms. The molecule has 5 heteroatoms. The molecule has 20 heavy (non-hydrogen) atoms. The number of aromatic nitrogens is 4. The third-order valence-electron chi connectivity index (χ3n) is 3.52. The number of aryl methyl sites for hydroxylation is 2. The molecular weight excluding hydrogens is 250 g/mol. The molecule has 2 aromatic rings. The summed E-state index contributed by atoms with van der Waals surface area (Å²) in [6.07, 6.45) is 5.18. The second-order valence-corrected chi connectivity index (χ2v) is 5.08. The summed E-state index contributed by atoms with van der Waals surface area (Å²) in [4.78, 5) is 0. The van der Waals surface area contributed by atoms with Crippen LogP contribution in [0.4, 0.5) is 0 Å². The first-order chi connectivity index (χ1) is 9.67. The van der Waals surface area contributed by atoms with Crippen LogP contribution in [0.3, 0.4) is 0 Å². The fraction of sp³-hybridized carbons (Fsp3) is 0.600. The van der Waals surface area contributed by atoms with Crippen molar-refractivity contribution in [2.45, 2.75) is 53.2 Å². The summed E-state index contributed by atoms with van der Waals surface area (Å²) in [7, 11) is 0. The molecule has 0 aliphatic heterocycles. The Labute approximate surface area is 121 Å². The Bertz CT molecular complexity index is 540. The Morgan fingerprint density at radius 3 is 2.75 bits per heavy atom. The van der Waals surface area contributed by atoms with Crippen molar-refractivity contribution in [3.63, 3.8) is 0 Å². The molecule has 1 N–H and O–H groups in total. The number of rotatable bonds is 7. The van der Waals surface area contributed by atoms with Crippen LogP contribution in [-0.2, 0) is 13.1 Å². The summed E-state index contributed by atoms with van der Waals surface area (Å²) in [5.41, 5.74) is 3.53. The van der Waals surface area contributed by atoms with Gasteiger partial charge in [0.1, 0.15) is 0 Å². The molecule has 0 fully saturated rings. The van der Waals surface area contributed by atoms with Crippen molar-refractivity contribution in [2.75, 3.05) is 6.54 Å². The van der Waals surface area contributed by atoms with Crippen LogP contribution in [0.25, 0.3) is 0 Å². The lowest BCUT2D eigenvalue weighted by atomic mass is 10.1. The Morgan fingerprint density at radius 2 is 2.10 bits per heavy atom. The van der Waals surface area contributed by atoms with Crippen LogP contribution in [-0.4, -0.2) is 26.1 Å². The number of nitrogens with one attached hydrogen (secondary N) is 1. The van der Waals surface area contributed by atoms with Crippen LogP contribution >= 0.6 is 0 Å². The van der Waals surface area contributed by atoms with Crippen LogP contribution in [0.2, 0.25) is 0 Å². The maximum atomic E-state index is 4.48. The van der Waals surface area contributed by atoms with E-state index in [-0.39, 0.29) is 0 Å². The van der Waals surface area contributed by atoms with E-state index in [1.165, 1.54) is 11.3 Å². The highest BCUT2D eigenvalue weighted by atomic mass is 15.3. The summed E-state index contributed by atoms with van der Waals surface area (Å²) in [5.74, 6) is 0. The maximum Gasteiger partial charge on any atom is 0.0828 e. The molecule has 110 valence electrons. The lowest BCUT2D eigenvalue weighted by molar-refractivity contribution is 0.535. The molecule has 0 saturated carbocycles. The molecular formula is C15H25N5. The Hall–Kier alpha value is -1.62. The van der Waals surface area contributed by atoms with E-state index in [9.17, 15) is 0 Å². The van der Waals surface area contributed by atoms with Crippen LogP contribution in [0.5, 0.6) is 0 Å². The van der Waals surface area contributed by atoms with Gasteiger partial charge >= 0.3 is 0 Å². The highest BCUT2D eigenvalue weighted by molar-refractivity contribution is 5.13. The highest BCUT2D eigenvalue weighted by Gasteiger charge is 2.11. The van der Waals surface area contributed by atoms with E-state index in [2.05, 4.69) is 48.5 Å². The zero-order chi connectivity index (χ0) is 14.5. The largest absolute Gasteiger partial charge is 0.310 e. The fourth-order valence-corrected chi connectivity index (χ4v) is 2.56. The summed E-state index contributed by atoms with van der Waals surface area (Å²) in [6.45, 7) is 11.1. The number of hydrogen-bond acceptors (Lipinski definition) is 3.